The van der Waals surface area contributed by atoms with Crippen LogP contribution in [0.1, 0.15) is 0 Å². The first-order chi connectivity index (χ1) is 6.70. The van der Waals surface area contributed by atoms with Crippen molar-refractivity contribution in [3.8, 4) is 10.6 Å². The molecule has 2 aromatic rings. The van der Waals surface area contributed by atoms with Crippen molar-refractivity contribution in [1.29, 1.82) is 0 Å². The fourth-order valence-electron chi connectivity index (χ4n) is 0.978. The van der Waals surface area contributed by atoms with Crippen molar-refractivity contribution in [3.05, 3.63) is 27.9 Å². The minimum atomic E-state index is -0.444. The fourth-order valence-corrected chi connectivity index (χ4v) is 1.68. The molecule has 0 bridgehead atoms. The summed E-state index contributed by atoms with van der Waals surface area (Å²) in [5, 5.41) is 9.11. The first-order valence-corrected chi connectivity index (χ1v) is 4.62. The number of anilines is 1. The molecule has 7 heteroatoms. The normalized spacial score (nSPS) is 10.3. The summed E-state index contributed by atoms with van der Waals surface area (Å²) in [6.07, 6.45) is 0. The predicted molar refractivity (Wildman–Crippen MR) is 54.2 cm³/mol. The van der Waals surface area contributed by atoms with E-state index in [-0.39, 0.29) is 11.6 Å². The van der Waals surface area contributed by atoms with Crippen molar-refractivity contribution in [2.75, 3.05) is 11.6 Å². The van der Waals surface area contributed by atoms with Crippen LogP contribution in [0, 0.1) is 0 Å². The number of nitrogens with zero attached hydrogens (tertiary/aromatic N) is 3. The summed E-state index contributed by atoms with van der Waals surface area (Å²) in [4.78, 5) is 12.3. The molecule has 4 N–H and O–H groups in total. The monoisotopic (exact) mass is 209 g/mol. The van der Waals surface area contributed by atoms with Gasteiger partial charge in [-0.15, -0.1) is 21.5 Å². The Bertz CT molecular complexity index is 503. The van der Waals surface area contributed by atoms with Crippen LogP contribution in [0.15, 0.2) is 22.3 Å². The molecule has 0 amide bonds. The molecule has 14 heavy (non-hydrogen) atoms. The van der Waals surface area contributed by atoms with Crippen LogP contribution in [0.2, 0.25) is 0 Å². The second-order valence-corrected chi connectivity index (χ2v) is 3.51. The zero-order valence-corrected chi connectivity index (χ0v) is 7.86. The third-order valence-electron chi connectivity index (χ3n) is 1.68. The summed E-state index contributed by atoms with van der Waals surface area (Å²) < 4.78 is 0.780. The molecule has 0 aliphatic heterocycles. The number of thiophene rings is 1. The van der Waals surface area contributed by atoms with Crippen molar-refractivity contribution < 1.29 is 0 Å². The molecule has 0 aromatic carbocycles. The van der Waals surface area contributed by atoms with Crippen LogP contribution in [0.25, 0.3) is 10.6 Å². The summed E-state index contributed by atoms with van der Waals surface area (Å²) >= 11 is 1.39. The second kappa shape index (κ2) is 3.11. The zero-order valence-electron chi connectivity index (χ0n) is 7.04. The van der Waals surface area contributed by atoms with Crippen LogP contribution in [-0.4, -0.2) is 14.9 Å². The van der Waals surface area contributed by atoms with Crippen molar-refractivity contribution in [1.82, 2.24) is 14.9 Å². The van der Waals surface area contributed by atoms with E-state index in [0.29, 0.717) is 0 Å². The van der Waals surface area contributed by atoms with Gasteiger partial charge in [0, 0.05) is 0 Å². The molecule has 6 nitrogen and oxygen atoms in total. The van der Waals surface area contributed by atoms with E-state index in [9.17, 15) is 4.79 Å². The third-order valence-corrected chi connectivity index (χ3v) is 2.55. The molecule has 0 unspecified atom stereocenters. The number of hydrogen-bond acceptors (Lipinski definition) is 6. The van der Waals surface area contributed by atoms with Gasteiger partial charge in [-0.3, -0.25) is 4.79 Å². The standard InChI is InChI=1S/C7H7N5OS/c8-7-11-10-5(6(13)12(7)9)4-2-1-3-14-4/h1-3H,9H2,(H2,8,11). The first-order valence-electron chi connectivity index (χ1n) is 3.74. The molecule has 0 aliphatic rings. The topological polar surface area (TPSA) is 99.8 Å². The Kier molecular flexibility index (Phi) is 1.93. The van der Waals surface area contributed by atoms with Gasteiger partial charge in [0.1, 0.15) is 0 Å². The summed E-state index contributed by atoms with van der Waals surface area (Å²) in [5.74, 6) is 5.27. The average molecular weight is 209 g/mol. The van der Waals surface area contributed by atoms with E-state index in [1.807, 2.05) is 11.4 Å². The number of aromatic nitrogens is 3. The molecule has 2 heterocycles. The maximum absolute atomic E-state index is 11.6. The largest absolute Gasteiger partial charge is 0.366 e. The van der Waals surface area contributed by atoms with Gasteiger partial charge in [0.05, 0.1) is 4.88 Å². The minimum Gasteiger partial charge on any atom is -0.366 e. The first kappa shape index (κ1) is 8.70. The number of nitrogens with two attached hydrogens (primary N) is 2. The van der Waals surface area contributed by atoms with Crippen LogP contribution in [0.4, 0.5) is 5.95 Å². The summed E-state index contributed by atoms with van der Waals surface area (Å²) in [5.41, 5.74) is 5.09. The lowest BCUT2D eigenvalue weighted by Crippen LogP contribution is -2.32. The third kappa shape index (κ3) is 1.23. The highest BCUT2D eigenvalue weighted by Gasteiger charge is 2.10. The van der Waals surface area contributed by atoms with Crippen LogP contribution in [-0.2, 0) is 0 Å². The maximum Gasteiger partial charge on any atom is 0.301 e. The van der Waals surface area contributed by atoms with Gasteiger partial charge in [-0.1, -0.05) is 6.07 Å². The van der Waals surface area contributed by atoms with Crippen molar-refractivity contribution in [3.63, 3.8) is 0 Å². The van der Waals surface area contributed by atoms with Gasteiger partial charge in [0.15, 0.2) is 5.69 Å². The lowest BCUT2D eigenvalue weighted by molar-refractivity contribution is 0.849. The smallest absolute Gasteiger partial charge is 0.301 e. The summed E-state index contributed by atoms with van der Waals surface area (Å²) in [6.45, 7) is 0. The van der Waals surface area contributed by atoms with Crippen LogP contribution < -0.4 is 17.1 Å². The quantitative estimate of drug-likeness (QED) is 0.626. The number of hydrogen-bond donors (Lipinski definition) is 2. The molecular weight excluding hydrogens is 202 g/mol. The summed E-state index contributed by atoms with van der Waals surface area (Å²) in [6, 6.07) is 3.59. The Balaban J connectivity index is 2.68. The molecule has 0 spiro atoms. The predicted octanol–water partition coefficient (Wildman–Crippen LogP) is -0.337. The van der Waals surface area contributed by atoms with Gasteiger partial charge in [0.25, 0.3) is 0 Å². The van der Waals surface area contributed by atoms with E-state index >= 15 is 0 Å². The van der Waals surface area contributed by atoms with Crippen LogP contribution in [0.5, 0.6) is 0 Å². The molecule has 0 atom stereocenters. The Morgan fingerprint density at radius 2 is 2.21 bits per heavy atom. The summed E-state index contributed by atoms with van der Waals surface area (Å²) in [7, 11) is 0. The molecule has 0 saturated carbocycles. The van der Waals surface area contributed by atoms with E-state index in [4.69, 9.17) is 11.6 Å². The Hall–Kier alpha value is -1.89. The molecule has 0 aliphatic carbocycles. The molecule has 2 rings (SSSR count). The highest BCUT2D eigenvalue weighted by Crippen LogP contribution is 2.18. The Morgan fingerprint density at radius 1 is 1.43 bits per heavy atom. The Labute approximate surface area is 82.8 Å². The number of nitrogen functional groups attached to an aromatic ring is 2. The molecule has 0 radical (unpaired) electrons. The second-order valence-electron chi connectivity index (χ2n) is 2.56. The van der Waals surface area contributed by atoms with E-state index in [2.05, 4.69) is 10.2 Å². The van der Waals surface area contributed by atoms with Crippen molar-refractivity contribution in [2.24, 2.45) is 0 Å². The Morgan fingerprint density at radius 3 is 2.86 bits per heavy atom. The van der Waals surface area contributed by atoms with Gasteiger partial charge in [-0.05, 0) is 11.4 Å². The minimum absolute atomic E-state index is 0.102. The molecule has 2 aromatic heterocycles. The van der Waals surface area contributed by atoms with Gasteiger partial charge >= 0.3 is 5.56 Å². The fraction of sp³-hybridized carbons (Fsp3) is 0. The SMILES string of the molecule is Nc1nnc(-c2cccs2)c(=O)n1N. The van der Waals surface area contributed by atoms with Gasteiger partial charge < -0.3 is 11.6 Å². The maximum atomic E-state index is 11.6. The average Bonchev–Trinajstić information content (AvgIpc) is 2.67. The lowest BCUT2D eigenvalue weighted by atomic mass is 10.4. The van der Waals surface area contributed by atoms with Gasteiger partial charge in [0.2, 0.25) is 5.95 Å². The van der Waals surface area contributed by atoms with Gasteiger partial charge in [-0.2, -0.15) is 4.68 Å². The van der Waals surface area contributed by atoms with E-state index < -0.39 is 5.56 Å². The molecule has 0 saturated heterocycles. The lowest BCUT2D eigenvalue weighted by Gasteiger charge is -2.01. The molecular formula is C7H7N5OS. The van der Waals surface area contributed by atoms with E-state index in [0.717, 1.165) is 9.55 Å². The highest BCUT2D eigenvalue weighted by molar-refractivity contribution is 7.13. The number of rotatable bonds is 1. The van der Waals surface area contributed by atoms with Crippen molar-refractivity contribution in [2.45, 2.75) is 0 Å². The van der Waals surface area contributed by atoms with E-state index in [1.165, 1.54) is 11.3 Å². The van der Waals surface area contributed by atoms with E-state index in [1.54, 1.807) is 6.07 Å². The van der Waals surface area contributed by atoms with Crippen LogP contribution >= 0.6 is 11.3 Å². The van der Waals surface area contributed by atoms with Gasteiger partial charge in [-0.25, -0.2) is 0 Å². The molecule has 0 fully saturated rings. The highest BCUT2D eigenvalue weighted by atomic mass is 32.1. The zero-order chi connectivity index (χ0) is 10.1. The van der Waals surface area contributed by atoms with Crippen LogP contribution in [0.3, 0.4) is 0 Å². The molecule has 72 valence electrons. The van der Waals surface area contributed by atoms with Crippen molar-refractivity contribution >= 4 is 17.3 Å².